The number of sulfonamides is 1. The SMILES string of the molecule is CCNC(=O)[C@H](Cc1ccccc1)N(Cc1c(Cl)cccc1Cl)C(=O)CN(c1ccc(C23CC4CC(CC(C4)C2)C3)cc1)S(C)(=O)=O. The molecule has 4 bridgehead atoms. The minimum atomic E-state index is -3.88. The molecule has 7 nitrogen and oxygen atoms in total. The summed E-state index contributed by atoms with van der Waals surface area (Å²) in [6.45, 7) is 1.62. The van der Waals surface area contributed by atoms with Crippen LogP contribution in [-0.4, -0.2) is 50.5 Å². The molecule has 250 valence electrons. The van der Waals surface area contributed by atoms with Crippen molar-refractivity contribution in [3.8, 4) is 0 Å². The zero-order valence-corrected chi connectivity index (χ0v) is 29.3. The Bertz CT molecular complexity index is 1660. The molecule has 47 heavy (non-hydrogen) atoms. The molecule has 4 saturated carbocycles. The predicted molar refractivity (Wildman–Crippen MR) is 188 cm³/mol. The molecular formula is C37H43Cl2N3O4S. The van der Waals surface area contributed by atoms with Gasteiger partial charge < -0.3 is 10.2 Å². The van der Waals surface area contributed by atoms with Crippen LogP contribution in [0.4, 0.5) is 5.69 Å². The van der Waals surface area contributed by atoms with Gasteiger partial charge in [0.2, 0.25) is 21.8 Å². The quantitative estimate of drug-likeness (QED) is 0.221. The highest BCUT2D eigenvalue weighted by Gasteiger charge is 2.51. The maximum atomic E-state index is 14.4. The van der Waals surface area contributed by atoms with Gasteiger partial charge in [0.15, 0.2) is 0 Å². The van der Waals surface area contributed by atoms with Crippen LogP contribution in [0.2, 0.25) is 10.0 Å². The summed E-state index contributed by atoms with van der Waals surface area (Å²) >= 11 is 13.1. The molecule has 0 aromatic heterocycles. The van der Waals surface area contributed by atoms with Gasteiger partial charge in [0.25, 0.3) is 0 Å². The largest absolute Gasteiger partial charge is 0.355 e. The summed E-state index contributed by atoms with van der Waals surface area (Å²) in [5, 5.41) is 3.56. The molecule has 0 heterocycles. The Morgan fingerprint density at radius 2 is 1.45 bits per heavy atom. The average molecular weight is 697 g/mol. The Morgan fingerprint density at radius 3 is 1.98 bits per heavy atom. The fourth-order valence-electron chi connectivity index (χ4n) is 8.76. The summed E-state index contributed by atoms with van der Waals surface area (Å²) in [5.74, 6) is 1.48. The minimum absolute atomic E-state index is 0.0749. The summed E-state index contributed by atoms with van der Waals surface area (Å²) in [5.41, 5.74) is 3.20. The number of benzene rings is 3. The van der Waals surface area contributed by atoms with E-state index in [1.165, 1.54) is 49.0 Å². The molecule has 0 radical (unpaired) electrons. The minimum Gasteiger partial charge on any atom is -0.355 e. The van der Waals surface area contributed by atoms with Gasteiger partial charge in [-0.25, -0.2) is 8.42 Å². The van der Waals surface area contributed by atoms with Crippen LogP contribution in [0.25, 0.3) is 0 Å². The third-order valence-corrected chi connectivity index (χ3v) is 12.3. The van der Waals surface area contributed by atoms with E-state index >= 15 is 0 Å². The first-order valence-corrected chi connectivity index (χ1v) is 19.2. The molecule has 0 unspecified atom stereocenters. The van der Waals surface area contributed by atoms with E-state index in [1.807, 2.05) is 49.4 Å². The van der Waals surface area contributed by atoms with Gasteiger partial charge in [-0.1, -0.05) is 71.7 Å². The molecule has 2 amide bonds. The summed E-state index contributed by atoms with van der Waals surface area (Å²) < 4.78 is 27.7. The number of nitrogens with one attached hydrogen (secondary N) is 1. The number of hydrogen-bond acceptors (Lipinski definition) is 4. The predicted octanol–water partition coefficient (Wildman–Crippen LogP) is 7.00. The van der Waals surface area contributed by atoms with E-state index in [0.717, 1.165) is 33.9 Å². The highest BCUT2D eigenvalue weighted by Crippen LogP contribution is 2.60. The summed E-state index contributed by atoms with van der Waals surface area (Å²) in [6.07, 6.45) is 8.97. The van der Waals surface area contributed by atoms with E-state index in [9.17, 15) is 18.0 Å². The summed E-state index contributed by atoms with van der Waals surface area (Å²) in [7, 11) is -3.88. The fourth-order valence-corrected chi connectivity index (χ4v) is 10.1. The number of rotatable bonds is 12. The summed E-state index contributed by atoms with van der Waals surface area (Å²) in [6, 6.07) is 21.4. The highest BCUT2D eigenvalue weighted by molar-refractivity contribution is 7.92. The molecule has 0 spiro atoms. The summed E-state index contributed by atoms with van der Waals surface area (Å²) in [4.78, 5) is 29.4. The standard InChI is InChI=1S/C37H43Cl2N3O4S/c1-3-40-36(44)34(19-25-8-5-4-6-9-25)41(23-31-32(38)10-7-11-33(31)39)35(43)24-42(47(2,45)46)30-14-12-29(13-15-30)37-20-26-16-27(21-37)18-28(17-26)22-37/h4-15,26-28,34H,3,16-24H2,1-2H3,(H,40,44)/t26?,27?,28?,34-,37?/m0/s1. The third-order valence-electron chi connectivity index (χ3n) is 10.5. The van der Waals surface area contributed by atoms with Crippen LogP contribution in [0.3, 0.4) is 0 Å². The molecule has 4 aliphatic rings. The maximum Gasteiger partial charge on any atom is 0.244 e. The number of anilines is 1. The molecule has 4 aliphatic carbocycles. The Kier molecular flexibility index (Phi) is 9.94. The first-order valence-electron chi connectivity index (χ1n) is 16.6. The van der Waals surface area contributed by atoms with Crippen LogP contribution < -0.4 is 9.62 Å². The number of nitrogens with zero attached hydrogens (tertiary/aromatic N) is 2. The van der Waals surface area contributed by atoms with E-state index in [0.29, 0.717) is 27.8 Å². The van der Waals surface area contributed by atoms with Crippen LogP contribution in [0.15, 0.2) is 72.8 Å². The van der Waals surface area contributed by atoms with Gasteiger partial charge in [-0.15, -0.1) is 0 Å². The lowest BCUT2D eigenvalue weighted by molar-refractivity contribution is -0.140. The van der Waals surface area contributed by atoms with Crippen LogP contribution in [0.1, 0.15) is 62.1 Å². The fraction of sp³-hybridized carbons (Fsp3) is 0.459. The molecule has 0 aliphatic heterocycles. The van der Waals surface area contributed by atoms with Crippen molar-refractivity contribution in [2.45, 2.75) is 69.9 Å². The molecule has 1 N–H and O–H groups in total. The molecule has 1 atom stereocenters. The van der Waals surface area contributed by atoms with Crippen molar-refractivity contribution in [2.24, 2.45) is 17.8 Å². The topological polar surface area (TPSA) is 86.8 Å². The normalized spacial score (nSPS) is 23.7. The van der Waals surface area contributed by atoms with Crippen molar-refractivity contribution in [3.05, 3.63) is 99.5 Å². The van der Waals surface area contributed by atoms with Gasteiger partial charge in [-0.3, -0.25) is 13.9 Å². The number of likely N-dealkylation sites (N-methyl/N-ethyl adjacent to an activating group) is 1. The Morgan fingerprint density at radius 1 is 0.872 bits per heavy atom. The van der Waals surface area contributed by atoms with Gasteiger partial charge >= 0.3 is 0 Å². The van der Waals surface area contributed by atoms with Crippen molar-refractivity contribution >= 4 is 50.7 Å². The average Bonchev–Trinajstić information content (AvgIpc) is 3.02. The van der Waals surface area contributed by atoms with Gasteiger partial charge in [0, 0.05) is 35.1 Å². The van der Waals surface area contributed by atoms with Crippen LogP contribution in [0.5, 0.6) is 0 Å². The zero-order valence-electron chi connectivity index (χ0n) is 27.0. The number of carbonyl (C=O) groups is 2. The maximum absolute atomic E-state index is 14.4. The molecule has 10 heteroatoms. The number of amides is 2. The van der Waals surface area contributed by atoms with Gasteiger partial charge in [0.05, 0.1) is 11.9 Å². The van der Waals surface area contributed by atoms with E-state index in [1.54, 1.807) is 18.2 Å². The van der Waals surface area contributed by atoms with Crippen molar-refractivity contribution in [1.82, 2.24) is 10.2 Å². The van der Waals surface area contributed by atoms with E-state index in [-0.39, 0.29) is 24.3 Å². The molecule has 3 aromatic carbocycles. The lowest BCUT2D eigenvalue weighted by atomic mass is 9.48. The molecular weight excluding hydrogens is 653 g/mol. The lowest BCUT2D eigenvalue weighted by Gasteiger charge is -2.57. The number of halogens is 2. The van der Waals surface area contributed by atoms with Crippen molar-refractivity contribution in [2.75, 3.05) is 23.7 Å². The smallest absolute Gasteiger partial charge is 0.244 e. The molecule has 3 aromatic rings. The highest BCUT2D eigenvalue weighted by atomic mass is 35.5. The lowest BCUT2D eigenvalue weighted by Crippen LogP contribution is -2.53. The Labute approximate surface area is 288 Å². The van der Waals surface area contributed by atoms with Crippen molar-refractivity contribution in [1.29, 1.82) is 0 Å². The Balaban J connectivity index is 1.32. The van der Waals surface area contributed by atoms with Gasteiger partial charge in [-0.05, 0) is 104 Å². The van der Waals surface area contributed by atoms with Crippen LogP contribution in [-0.2, 0) is 38.0 Å². The van der Waals surface area contributed by atoms with Gasteiger partial charge in [-0.2, -0.15) is 0 Å². The Hall–Kier alpha value is -3.07. The van der Waals surface area contributed by atoms with Crippen molar-refractivity contribution in [3.63, 3.8) is 0 Å². The first-order chi connectivity index (χ1) is 22.5. The van der Waals surface area contributed by atoms with Crippen LogP contribution in [0, 0.1) is 17.8 Å². The van der Waals surface area contributed by atoms with Crippen LogP contribution >= 0.6 is 23.2 Å². The number of hydrogen-bond donors (Lipinski definition) is 1. The van der Waals surface area contributed by atoms with E-state index in [4.69, 9.17) is 23.2 Å². The van der Waals surface area contributed by atoms with Gasteiger partial charge in [0.1, 0.15) is 12.6 Å². The third kappa shape index (κ3) is 7.35. The molecule has 0 saturated heterocycles. The van der Waals surface area contributed by atoms with Crippen molar-refractivity contribution < 1.29 is 18.0 Å². The second-order valence-corrected chi connectivity index (χ2v) is 16.6. The monoisotopic (exact) mass is 695 g/mol. The molecule has 7 rings (SSSR count). The number of carbonyl (C=O) groups excluding carboxylic acids is 2. The molecule has 4 fully saturated rings. The second-order valence-electron chi connectivity index (χ2n) is 13.8. The first kappa shape index (κ1) is 33.8. The second kappa shape index (κ2) is 13.8. The van der Waals surface area contributed by atoms with E-state index in [2.05, 4.69) is 17.4 Å². The van der Waals surface area contributed by atoms with E-state index < -0.39 is 28.5 Å². The zero-order chi connectivity index (χ0) is 33.3.